The molecule has 1 aliphatic rings. The van der Waals surface area contributed by atoms with Gasteiger partial charge in [0.2, 0.25) is 5.91 Å². The molecule has 1 atom stereocenters. The molecule has 22 heteroatoms. The van der Waals surface area contributed by atoms with Gasteiger partial charge in [-0.25, -0.2) is 14.4 Å². The van der Waals surface area contributed by atoms with Crippen LogP contribution in [0.15, 0.2) is 24.3 Å². The number of aliphatic carboxylic acids is 4. The van der Waals surface area contributed by atoms with Crippen LogP contribution in [0.5, 0.6) is 0 Å². The second kappa shape index (κ2) is 16.5. The van der Waals surface area contributed by atoms with E-state index in [1.165, 1.54) is 17.0 Å². The Balaban J connectivity index is 2.22. The van der Waals surface area contributed by atoms with Crippen molar-refractivity contribution >= 4 is 50.7 Å². The van der Waals surface area contributed by atoms with Crippen LogP contribution in [0.1, 0.15) is 12.0 Å². The van der Waals surface area contributed by atoms with Crippen molar-refractivity contribution in [1.29, 1.82) is 0 Å². The van der Waals surface area contributed by atoms with Crippen molar-refractivity contribution in [2.75, 3.05) is 57.7 Å². The standard InChI is InChI=1S/C24H37N5O15P2/c30-18(12-20(45(39,40)41)46(42,43)44)27-16-3-1-15(2-4-16)11-17-13-28(14-19(31)32)9-10-29(8-7-25-5-6-26-17)24(21(33)34,22(35)36)23(37)38/h1-4,17,20,25-26H,5-14H2,(H,27,30)(H,31,32)(H,33,34)(H,35,36)(H,37,38)(H2,39,40,41)(H2,42,43,44). The summed E-state index contributed by atoms with van der Waals surface area (Å²) >= 11 is 0. The maximum absolute atomic E-state index is 12.3. The molecule has 258 valence electrons. The van der Waals surface area contributed by atoms with Gasteiger partial charge in [-0.3, -0.25) is 28.5 Å². The fourth-order valence-electron chi connectivity index (χ4n) is 4.85. The zero-order valence-corrected chi connectivity index (χ0v) is 26.0. The average Bonchev–Trinajstić information content (AvgIpc) is 2.90. The first kappa shape index (κ1) is 38.9. The molecule has 1 saturated heterocycles. The summed E-state index contributed by atoms with van der Waals surface area (Å²) in [6.07, 6.45) is -0.852. The molecule has 0 radical (unpaired) electrons. The minimum atomic E-state index is -5.30. The summed E-state index contributed by atoms with van der Waals surface area (Å²) in [5, 5.41) is 44.5. The fourth-order valence-corrected chi connectivity index (χ4v) is 7.23. The molecule has 0 saturated carbocycles. The Morgan fingerprint density at radius 1 is 0.848 bits per heavy atom. The summed E-state index contributed by atoms with van der Waals surface area (Å²) in [6, 6.07) is 5.61. The van der Waals surface area contributed by atoms with E-state index in [0.29, 0.717) is 18.7 Å². The third kappa shape index (κ3) is 10.9. The highest BCUT2D eigenvalue weighted by molar-refractivity contribution is 7.70. The zero-order chi connectivity index (χ0) is 34.9. The third-order valence-electron chi connectivity index (χ3n) is 7.08. The van der Waals surface area contributed by atoms with Crippen LogP contribution in [0, 0.1) is 0 Å². The highest BCUT2D eigenvalue weighted by Gasteiger charge is 2.59. The van der Waals surface area contributed by atoms with E-state index < -0.39 is 81.5 Å². The molecule has 11 N–H and O–H groups in total. The predicted molar refractivity (Wildman–Crippen MR) is 157 cm³/mol. The molecule has 0 aromatic heterocycles. The quantitative estimate of drug-likeness (QED) is 0.0748. The Bertz CT molecular complexity index is 1310. The van der Waals surface area contributed by atoms with E-state index >= 15 is 0 Å². The number of nitrogens with zero attached hydrogens (tertiary/aromatic N) is 2. The predicted octanol–water partition coefficient (Wildman–Crippen LogP) is -2.52. The van der Waals surface area contributed by atoms with Gasteiger partial charge in [0.1, 0.15) is 0 Å². The number of carboxylic acid groups (broad SMARTS) is 4. The lowest BCUT2D eigenvalue weighted by Gasteiger charge is -2.36. The molecule has 1 heterocycles. The Hall–Kier alpha value is -3.29. The van der Waals surface area contributed by atoms with Crippen LogP contribution in [0.25, 0.3) is 0 Å². The molecule has 1 aromatic rings. The maximum atomic E-state index is 12.3. The highest BCUT2D eigenvalue weighted by Crippen LogP contribution is 2.61. The van der Waals surface area contributed by atoms with E-state index in [1.807, 2.05) is 0 Å². The van der Waals surface area contributed by atoms with E-state index in [-0.39, 0.29) is 38.3 Å². The highest BCUT2D eigenvalue weighted by atomic mass is 31.2. The van der Waals surface area contributed by atoms with Crippen molar-refractivity contribution in [3.63, 3.8) is 0 Å². The van der Waals surface area contributed by atoms with Crippen molar-refractivity contribution in [2.45, 2.75) is 29.8 Å². The fraction of sp³-hybridized carbons (Fsp3) is 0.542. The first-order valence-corrected chi connectivity index (χ1v) is 17.0. The van der Waals surface area contributed by atoms with Crippen LogP contribution in [-0.4, -0.2) is 149 Å². The second-order valence-electron chi connectivity index (χ2n) is 10.5. The summed E-state index contributed by atoms with van der Waals surface area (Å²) in [4.78, 5) is 98.9. The van der Waals surface area contributed by atoms with E-state index in [2.05, 4.69) is 16.0 Å². The lowest BCUT2D eigenvalue weighted by atomic mass is 9.97. The van der Waals surface area contributed by atoms with Crippen LogP contribution in [0.2, 0.25) is 0 Å². The summed E-state index contributed by atoms with van der Waals surface area (Å²) in [7, 11) is -10.6. The molecule has 1 aromatic carbocycles. The topological polar surface area (TPSA) is 324 Å². The molecule has 46 heavy (non-hydrogen) atoms. The molecule has 1 fully saturated rings. The molecule has 20 nitrogen and oxygen atoms in total. The van der Waals surface area contributed by atoms with Gasteiger partial charge in [0.15, 0.2) is 5.40 Å². The smallest absolute Gasteiger partial charge is 0.347 e. The summed E-state index contributed by atoms with van der Waals surface area (Å²) in [6.45, 7) is -0.694. The van der Waals surface area contributed by atoms with E-state index in [9.17, 15) is 73.1 Å². The number of hydrogen-bond acceptors (Lipinski definition) is 11. The van der Waals surface area contributed by atoms with Crippen LogP contribution in [0.3, 0.4) is 0 Å². The number of amides is 1. The Morgan fingerprint density at radius 3 is 1.91 bits per heavy atom. The van der Waals surface area contributed by atoms with Crippen molar-refractivity contribution in [3.8, 4) is 0 Å². The Morgan fingerprint density at radius 2 is 1.41 bits per heavy atom. The zero-order valence-electron chi connectivity index (χ0n) is 24.3. The number of nitrogens with one attached hydrogen (secondary N) is 3. The first-order valence-electron chi connectivity index (χ1n) is 13.6. The molecule has 2 rings (SSSR count). The minimum absolute atomic E-state index is 0.0249. The lowest BCUT2D eigenvalue weighted by Crippen LogP contribution is -2.67. The molecular weight excluding hydrogens is 660 g/mol. The van der Waals surface area contributed by atoms with Gasteiger partial charge in [0.05, 0.1) is 13.0 Å². The molecule has 1 unspecified atom stereocenters. The summed E-state index contributed by atoms with van der Waals surface area (Å²) < 4.78 is 22.9. The van der Waals surface area contributed by atoms with Gasteiger partial charge in [-0.1, -0.05) is 12.1 Å². The number of hydrogen-bond donors (Lipinski definition) is 11. The average molecular weight is 698 g/mol. The summed E-state index contributed by atoms with van der Waals surface area (Å²) in [5.74, 6) is -8.60. The van der Waals surface area contributed by atoms with Gasteiger partial charge < -0.3 is 56.0 Å². The number of carbonyl (C=O) groups excluding carboxylic acids is 1. The minimum Gasteiger partial charge on any atom is -0.480 e. The van der Waals surface area contributed by atoms with E-state index in [4.69, 9.17) is 0 Å². The largest absolute Gasteiger partial charge is 0.480 e. The maximum Gasteiger partial charge on any atom is 0.347 e. The van der Waals surface area contributed by atoms with Gasteiger partial charge in [0.25, 0.3) is 0 Å². The molecule has 1 amide bonds. The molecular formula is C24H37N5O15P2. The monoisotopic (exact) mass is 697 g/mol. The molecule has 0 aliphatic carbocycles. The van der Waals surface area contributed by atoms with Crippen molar-refractivity contribution in [3.05, 3.63) is 29.8 Å². The normalized spacial score (nSPS) is 18.2. The van der Waals surface area contributed by atoms with Gasteiger partial charge in [-0.05, 0) is 24.1 Å². The van der Waals surface area contributed by atoms with Crippen molar-refractivity contribution < 1.29 is 73.1 Å². The van der Waals surface area contributed by atoms with Crippen LogP contribution >= 0.6 is 15.2 Å². The van der Waals surface area contributed by atoms with Gasteiger partial charge in [-0.15, -0.1) is 0 Å². The Labute approximate surface area is 261 Å². The van der Waals surface area contributed by atoms with E-state index in [0.717, 1.165) is 4.90 Å². The second-order valence-corrected chi connectivity index (χ2v) is 14.5. The third-order valence-corrected chi connectivity index (χ3v) is 10.8. The van der Waals surface area contributed by atoms with Gasteiger partial charge in [0, 0.05) is 57.5 Å². The SMILES string of the molecule is O=C(O)CN1CCN(C(C(=O)O)(C(=O)O)C(=O)O)CCNCCNC(Cc2ccc(NC(=O)CC(P(=O)(O)O)P(=O)(O)O)cc2)C1. The Kier molecular flexibility index (Phi) is 14.0. The summed E-state index contributed by atoms with van der Waals surface area (Å²) in [5.41, 5.74) is -2.47. The van der Waals surface area contributed by atoms with Gasteiger partial charge >= 0.3 is 44.6 Å². The molecule has 0 spiro atoms. The lowest BCUT2D eigenvalue weighted by molar-refractivity contribution is -0.179. The van der Waals surface area contributed by atoms with Gasteiger partial charge in [-0.2, -0.15) is 0 Å². The van der Waals surface area contributed by atoms with Crippen LogP contribution in [0.4, 0.5) is 5.69 Å². The number of carboxylic acids is 4. The van der Waals surface area contributed by atoms with E-state index in [1.54, 1.807) is 12.1 Å². The van der Waals surface area contributed by atoms with Crippen LogP contribution in [-0.2, 0) is 39.5 Å². The number of rotatable bonds is 13. The first-order chi connectivity index (χ1) is 21.3. The van der Waals surface area contributed by atoms with Crippen molar-refractivity contribution in [2.24, 2.45) is 0 Å². The number of carbonyl (C=O) groups is 5. The molecule has 0 bridgehead atoms. The number of anilines is 1. The molecule has 1 aliphatic heterocycles. The number of benzene rings is 1. The van der Waals surface area contributed by atoms with Crippen LogP contribution < -0.4 is 16.0 Å². The van der Waals surface area contributed by atoms with Crippen molar-refractivity contribution in [1.82, 2.24) is 20.4 Å².